The van der Waals surface area contributed by atoms with Crippen LogP contribution in [0, 0.1) is 6.92 Å². The Labute approximate surface area is 104 Å². The first-order valence-electron chi connectivity index (χ1n) is 6.45. The first-order valence-corrected chi connectivity index (χ1v) is 6.45. The van der Waals surface area contributed by atoms with E-state index >= 15 is 0 Å². The average molecular weight is 233 g/mol. The Morgan fingerprint density at radius 3 is 2.59 bits per heavy atom. The summed E-state index contributed by atoms with van der Waals surface area (Å²) < 4.78 is 6.01. The summed E-state index contributed by atoms with van der Waals surface area (Å²) in [5.74, 6) is 1.03. The molecule has 94 valence electrons. The van der Waals surface area contributed by atoms with Gasteiger partial charge in [-0.25, -0.2) is 0 Å². The zero-order valence-corrected chi connectivity index (χ0v) is 11.3. The van der Waals surface area contributed by atoms with Gasteiger partial charge in [-0.3, -0.25) is 0 Å². The van der Waals surface area contributed by atoms with Gasteiger partial charge in [-0.15, -0.1) is 0 Å². The van der Waals surface area contributed by atoms with Crippen LogP contribution in [0.2, 0.25) is 0 Å². The molecule has 1 heterocycles. The third-order valence-corrected chi connectivity index (χ3v) is 3.35. The fourth-order valence-electron chi connectivity index (χ4n) is 2.16. The molecule has 1 aliphatic rings. The van der Waals surface area contributed by atoms with E-state index in [4.69, 9.17) is 4.74 Å². The molecule has 0 aliphatic carbocycles. The van der Waals surface area contributed by atoms with Gasteiger partial charge in [0.25, 0.3) is 0 Å². The predicted molar refractivity (Wildman–Crippen MR) is 71.8 cm³/mol. The van der Waals surface area contributed by atoms with Crippen molar-refractivity contribution < 1.29 is 4.74 Å². The van der Waals surface area contributed by atoms with Crippen molar-refractivity contribution in [1.29, 1.82) is 0 Å². The monoisotopic (exact) mass is 233 g/mol. The van der Waals surface area contributed by atoms with E-state index in [1.807, 2.05) is 0 Å². The molecule has 0 radical (unpaired) electrons. The summed E-state index contributed by atoms with van der Waals surface area (Å²) >= 11 is 0. The molecule has 1 aromatic rings. The van der Waals surface area contributed by atoms with Crippen LogP contribution in [-0.2, 0) is 5.41 Å². The standard InChI is InChI=1S/C15H23NO/c1-11-9-12(15(2,3)4)5-6-14(11)17-13-7-8-16-10-13/h5-6,9,13,16H,7-8,10H2,1-4H3/t13-/m1/s1. The summed E-state index contributed by atoms with van der Waals surface area (Å²) in [7, 11) is 0. The Balaban J connectivity index is 2.14. The Kier molecular flexibility index (Phi) is 3.43. The highest BCUT2D eigenvalue weighted by molar-refractivity contribution is 5.38. The van der Waals surface area contributed by atoms with Gasteiger partial charge in [-0.2, -0.15) is 0 Å². The summed E-state index contributed by atoms with van der Waals surface area (Å²) in [5, 5.41) is 3.32. The molecule has 0 bridgehead atoms. The van der Waals surface area contributed by atoms with Crippen LogP contribution in [0.4, 0.5) is 0 Å². The first-order chi connectivity index (χ1) is 7.97. The highest BCUT2D eigenvalue weighted by atomic mass is 16.5. The highest BCUT2D eigenvalue weighted by Crippen LogP contribution is 2.28. The van der Waals surface area contributed by atoms with Gasteiger partial charge in [0.05, 0.1) is 0 Å². The molecule has 17 heavy (non-hydrogen) atoms. The van der Waals surface area contributed by atoms with Crippen molar-refractivity contribution in [2.75, 3.05) is 13.1 Å². The molecule has 2 nitrogen and oxygen atoms in total. The minimum atomic E-state index is 0.207. The van der Waals surface area contributed by atoms with Gasteiger partial charge in [0.1, 0.15) is 11.9 Å². The van der Waals surface area contributed by atoms with Crippen LogP contribution >= 0.6 is 0 Å². The lowest BCUT2D eigenvalue weighted by atomic mass is 9.86. The second kappa shape index (κ2) is 4.69. The van der Waals surface area contributed by atoms with Gasteiger partial charge in [-0.1, -0.05) is 32.9 Å². The molecule has 1 atom stereocenters. The fraction of sp³-hybridized carbons (Fsp3) is 0.600. The highest BCUT2D eigenvalue weighted by Gasteiger charge is 2.18. The summed E-state index contributed by atoms with van der Waals surface area (Å²) in [6.07, 6.45) is 1.45. The van der Waals surface area contributed by atoms with Gasteiger partial charge in [0, 0.05) is 6.54 Å². The number of hydrogen-bond acceptors (Lipinski definition) is 2. The van der Waals surface area contributed by atoms with E-state index in [0.717, 1.165) is 25.3 Å². The van der Waals surface area contributed by atoms with Crippen LogP contribution in [0.1, 0.15) is 38.3 Å². The Morgan fingerprint density at radius 1 is 1.29 bits per heavy atom. The number of rotatable bonds is 2. The first kappa shape index (κ1) is 12.4. The topological polar surface area (TPSA) is 21.3 Å². The van der Waals surface area contributed by atoms with E-state index in [0.29, 0.717) is 6.10 Å². The molecule has 1 fully saturated rings. The molecule has 0 saturated carbocycles. The second-order valence-corrected chi connectivity index (χ2v) is 5.96. The van der Waals surface area contributed by atoms with Crippen molar-refractivity contribution >= 4 is 0 Å². The Morgan fingerprint density at radius 2 is 2.06 bits per heavy atom. The molecule has 1 aromatic carbocycles. The number of aryl methyl sites for hydroxylation is 1. The molecular formula is C15H23NO. The third-order valence-electron chi connectivity index (χ3n) is 3.35. The van der Waals surface area contributed by atoms with Crippen molar-refractivity contribution in [3.63, 3.8) is 0 Å². The molecule has 2 rings (SSSR count). The average Bonchev–Trinajstić information content (AvgIpc) is 2.72. The maximum Gasteiger partial charge on any atom is 0.122 e. The van der Waals surface area contributed by atoms with Crippen molar-refractivity contribution in [2.24, 2.45) is 0 Å². The van der Waals surface area contributed by atoms with E-state index in [2.05, 4.69) is 51.2 Å². The summed E-state index contributed by atoms with van der Waals surface area (Å²) in [6.45, 7) is 10.9. The maximum absolute atomic E-state index is 6.01. The lowest BCUT2D eigenvalue weighted by Crippen LogP contribution is -2.20. The molecule has 0 unspecified atom stereocenters. The van der Waals surface area contributed by atoms with Crippen LogP contribution in [0.15, 0.2) is 18.2 Å². The third kappa shape index (κ3) is 3.01. The Bertz CT molecular complexity index is 386. The minimum absolute atomic E-state index is 0.207. The van der Waals surface area contributed by atoms with Crippen LogP contribution in [-0.4, -0.2) is 19.2 Å². The lowest BCUT2D eigenvalue weighted by Gasteiger charge is -2.21. The van der Waals surface area contributed by atoms with E-state index in [-0.39, 0.29) is 5.41 Å². The van der Waals surface area contributed by atoms with Gasteiger partial charge in [0.15, 0.2) is 0 Å². The molecule has 2 heteroatoms. The van der Waals surface area contributed by atoms with Gasteiger partial charge >= 0.3 is 0 Å². The van der Waals surface area contributed by atoms with Crippen LogP contribution in [0.25, 0.3) is 0 Å². The van der Waals surface area contributed by atoms with Crippen LogP contribution in [0.5, 0.6) is 5.75 Å². The van der Waals surface area contributed by atoms with Crippen LogP contribution in [0.3, 0.4) is 0 Å². The molecule has 1 saturated heterocycles. The normalized spacial score (nSPS) is 20.6. The van der Waals surface area contributed by atoms with Crippen molar-refractivity contribution in [2.45, 2.75) is 45.6 Å². The van der Waals surface area contributed by atoms with E-state index in [9.17, 15) is 0 Å². The molecule has 0 amide bonds. The van der Waals surface area contributed by atoms with E-state index < -0.39 is 0 Å². The summed E-state index contributed by atoms with van der Waals surface area (Å²) in [5.41, 5.74) is 2.81. The number of ether oxygens (including phenoxy) is 1. The van der Waals surface area contributed by atoms with Gasteiger partial charge in [-0.05, 0) is 42.5 Å². The van der Waals surface area contributed by atoms with Crippen molar-refractivity contribution in [1.82, 2.24) is 5.32 Å². The van der Waals surface area contributed by atoms with E-state index in [1.54, 1.807) is 0 Å². The number of benzene rings is 1. The Hall–Kier alpha value is -1.02. The quantitative estimate of drug-likeness (QED) is 0.847. The van der Waals surface area contributed by atoms with E-state index in [1.165, 1.54) is 11.1 Å². The van der Waals surface area contributed by atoms with Gasteiger partial charge < -0.3 is 10.1 Å². The number of nitrogens with one attached hydrogen (secondary N) is 1. The predicted octanol–water partition coefficient (Wildman–Crippen LogP) is 3.03. The van der Waals surface area contributed by atoms with Crippen molar-refractivity contribution in [3.05, 3.63) is 29.3 Å². The lowest BCUT2D eigenvalue weighted by molar-refractivity contribution is 0.221. The van der Waals surface area contributed by atoms with Gasteiger partial charge in [0.2, 0.25) is 0 Å². The second-order valence-electron chi connectivity index (χ2n) is 5.96. The van der Waals surface area contributed by atoms with Crippen molar-refractivity contribution in [3.8, 4) is 5.75 Å². The molecule has 0 spiro atoms. The number of hydrogen-bond donors (Lipinski definition) is 1. The largest absolute Gasteiger partial charge is 0.489 e. The molecule has 1 aliphatic heterocycles. The zero-order chi connectivity index (χ0) is 12.5. The summed E-state index contributed by atoms with van der Waals surface area (Å²) in [6, 6.07) is 6.55. The zero-order valence-electron chi connectivity index (χ0n) is 11.3. The fourth-order valence-corrected chi connectivity index (χ4v) is 2.16. The molecular weight excluding hydrogens is 210 g/mol. The minimum Gasteiger partial charge on any atom is -0.489 e. The SMILES string of the molecule is Cc1cc(C(C)(C)C)ccc1O[C@@H]1CCNC1. The summed E-state index contributed by atoms with van der Waals surface area (Å²) in [4.78, 5) is 0. The maximum atomic E-state index is 6.01. The molecule has 0 aromatic heterocycles. The smallest absolute Gasteiger partial charge is 0.122 e. The van der Waals surface area contributed by atoms with Crippen LogP contribution < -0.4 is 10.1 Å². The molecule has 1 N–H and O–H groups in total.